The van der Waals surface area contributed by atoms with Gasteiger partial charge in [0.25, 0.3) is 0 Å². The number of benzene rings is 2. The van der Waals surface area contributed by atoms with Gasteiger partial charge in [0, 0.05) is 31.4 Å². The second-order valence-corrected chi connectivity index (χ2v) is 8.18. The first-order valence-electron chi connectivity index (χ1n) is 10.9. The molecule has 0 bridgehead atoms. The molecule has 2 aromatic carbocycles. The van der Waals surface area contributed by atoms with Crippen molar-refractivity contribution in [2.24, 2.45) is 0 Å². The van der Waals surface area contributed by atoms with Gasteiger partial charge in [0.1, 0.15) is 6.04 Å². The molecule has 1 fully saturated rings. The summed E-state index contributed by atoms with van der Waals surface area (Å²) in [6.07, 6.45) is 3.60. The number of hydrogen-bond donors (Lipinski definition) is 1. The van der Waals surface area contributed by atoms with Crippen molar-refractivity contribution in [3.63, 3.8) is 0 Å². The normalized spacial score (nSPS) is 15.6. The third-order valence-electron chi connectivity index (χ3n) is 5.68. The minimum Gasteiger partial charge on any atom is -0.340 e. The minimum absolute atomic E-state index is 0.0530. The minimum atomic E-state index is -0.472. The number of aryl methyl sites for hydroxylation is 1. The van der Waals surface area contributed by atoms with Crippen molar-refractivity contribution in [3.05, 3.63) is 65.2 Å². The van der Waals surface area contributed by atoms with E-state index in [1.165, 1.54) is 12.5 Å². The van der Waals surface area contributed by atoms with Gasteiger partial charge in [-0.15, -0.1) is 0 Å². The van der Waals surface area contributed by atoms with Crippen molar-refractivity contribution in [1.29, 1.82) is 0 Å². The number of nitrogens with zero attached hydrogens (tertiary/aromatic N) is 2. The Hall–Kier alpha value is -3.15. The highest BCUT2D eigenvalue weighted by molar-refractivity contribution is 5.97. The van der Waals surface area contributed by atoms with E-state index in [9.17, 15) is 14.4 Å². The van der Waals surface area contributed by atoms with E-state index in [2.05, 4.69) is 36.5 Å². The molecule has 1 heterocycles. The van der Waals surface area contributed by atoms with Crippen LogP contribution in [0.3, 0.4) is 0 Å². The second-order valence-electron chi connectivity index (χ2n) is 8.18. The molecule has 1 atom stereocenters. The van der Waals surface area contributed by atoms with E-state index in [1.807, 2.05) is 0 Å². The summed E-state index contributed by atoms with van der Waals surface area (Å²) in [5.41, 5.74) is 3.46. The smallest absolute Gasteiger partial charge is 0.322 e. The zero-order chi connectivity index (χ0) is 22.4. The van der Waals surface area contributed by atoms with E-state index in [-0.39, 0.29) is 17.7 Å². The van der Waals surface area contributed by atoms with Crippen LogP contribution in [-0.2, 0) is 17.8 Å². The Morgan fingerprint density at radius 1 is 1.10 bits per heavy atom. The molecular formula is C25H31N3O3. The Balaban J connectivity index is 1.63. The Labute approximate surface area is 184 Å². The standard InChI is InChI=1S/C25H31N3O3/c1-4-7-19-11-13-20(14-12-19)17-27(3)24(30)23-10-6-15-28(23)25(31)26-22-9-5-8-21(16-22)18(2)29/h5,8-9,11-14,16,23H,4,6-7,10,15,17H2,1-3H3,(H,26,31). The number of ketones is 1. The molecule has 0 radical (unpaired) electrons. The first-order valence-corrected chi connectivity index (χ1v) is 10.9. The molecule has 3 rings (SSSR count). The van der Waals surface area contributed by atoms with E-state index in [0.717, 1.165) is 24.8 Å². The lowest BCUT2D eigenvalue weighted by Crippen LogP contribution is -2.47. The summed E-state index contributed by atoms with van der Waals surface area (Å²) in [5, 5.41) is 2.83. The summed E-state index contributed by atoms with van der Waals surface area (Å²) < 4.78 is 0. The number of amides is 3. The molecule has 0 aromatic heterocycles. The molecular weight excluding hydrogens is 390 g/mol. The molecule has 1 saturated heterocycles. The van der Waals surface area contributed by atoms with Crippen LogP contribution in [0.2, 0.25) is 0 Å². The first-order chi connectivity index (χ1) is 14.9. The summed E-state index contributed by atoms with van der Waals surface area (Å²) in [6.45, 7) is 4.69. The third-order valence-corrected chi connectivity index (χ3v) is 5.68. The van der Waals surface area contributed by atoms with Crippen LogP contribution < -0.4 is 5.32 Å². The lowest BCUT2D eigenvalue weighted by atomic mass is 10.1. The zero-order valence-corrected chi connectivity index (χ0v) is 18.6. The van der Waals surface area contributed by atoms with Crippen molar-refractivity contribution in [2.75, 3.05) is 18.9 Å². The monoisotopic (exact) mass is 421 g/mol. The van der Waals surface area contributed by atoms with Crippen molar-refractivity contribution in [3.8, 4) is 0 Å². The molecule has 2 aromatic rings. The van der Waals surface area contributed by atoms with Crippen LogP contribution in [0.25, 0.3) is 0 Å². The molecule has 1 aliphatic heterocycles. The molecule has 0 aliphatic carbocycles. The summed E-state index contributed by atoms with van der Waals surface area (Å²) in [4.78, 5) is 40.8. The predicted octanol–water partition coefficient (Wildman–Crippen LogP) is 4.50. The quantitative estimate of drug-likeness (QED) is 0.670. The van der Waals surface area contributed by atoms with Crippen LogP contribution in [-0.4, -0.2) is 47.2 Å². The van der Waals surface area contributed by atoms with E-state index in [0.29, 0.717) is 30.8 Å². The molecule has 0 spiro atoms. The lowest BCUT2D eigenvalue weighted by Gasteiger charge is -2.28. The Bertz CT molecular complexity index is 939. The molecule has 0 saturated carbocycles. The van der Waals surface area contributed by atoms with Crippen LogP contribution in [0.5, 0.6) is 0 Å². The van der Waals surface area contributed by atoms with Gasteiger partial charge < -0.3 is 15.1 Å². The number of likely N-dealkylation sites (N-methyl/N-ethyl adjacent to an activating group) is 1. The van der Waals surface area contributed by atoms with Crippen LogP contribution in [0, 0.1) is 0 Å². The first kappa shape index (κ1) is 22.5. The van der Waals surface area contributed by atoms with Gasteiger partial charge in [0.05, 0.1) is 0 Å². The Morgan fingerprint density at radius 2 is 1.81 bits per heavy atom. The average molecular weight is 422 g/mol. The van der Waals surface area contributed by atoms with Gasteiger partial charge in [-0.25, -0.2) is 4.79 Å². The van der Waals surface area contributed by atoms with Crippen molar-refractivity contribution < 1.29 is 14.4 Å². The fraction of sp³-hybridized carbons (Fsp3) is 0.400. The number of rotatable bonds is 7. The number of anilines is 1. The molecule has 1 aliphatic rings. The van der Waals surface area contributed by atoms with Gasteiger partial charge in [-0.1, -0.05) is 49.7 Å². The summed E-state index contributed by atoms with van der Waals surface area (Å²) >= 11 is 0. The maximum atomic E-state index is 13.1. The van der Waals surface area contributed by atoms with Crippen molar-refractivity contribution in [1.82, 2.24) is 9.80 Å². The van der Waals surface area contributed by atoms with Gasteiger partial charge in [-0.2, -0.15) is 0 Å². The summed E-state index contributed by atoms with van der Waals surface area (Å²) in [7, 11) is 1.78. The van der Waals surface area contributed by atoms with Gasteiger partial charge in [-0.3, -0.25) is 9.59 Å². The van der Waals surface area contributed by atoms with Gasteiger partial charge >= 0.3 is 6.03 Å². The number of likely N-dealkylation sites (tertiary alicyclic amines) is 1. The fourth-order valence-corrected chi connectivity index (χ4v) is 3.98. The highest BCUT2D eigenvalue weighted by Crippen LogP contribution is 2.22. The fourth-order valence-electron chi connectivity index (χ4n) is 3.98. The average Bonchev–Trinajstić information content (AvgIpc) is 3.25. The number of carbonyl (C=O) groups excluding carboxylic acids is 3. The molecule has 1 unspecified atom stereocenters. The van der Waals surface area contributed by atoms with Crippen LogP contribution >= 0.6 is 0 Å². The van der Waals surface area contributed by atoms with Crippen molar-refractivity contribution >= 4 is 23.4 Å². The van der Waals surface area contributed by atoms with Gasteiger partial charge in [0.2, 0.25) is 5.91 Å². The lowest BCUT2D eigenvalue weighted by molar-refractivity contribution is -0.134. The topological polar surface area (TPSA) is 69.7 Å². The summed E-state index contributed by atoms with van der Waals surface area (Å²) in [6, 6.07) is 14.4. The van der Waals surface area contributed by atoms with Crippen LogP contribution in [0.4, 0.5) is 10.5 Å². The highest BCUT2D eigenvalue weighted by atomic mass is 16.2. The molecule has 31 heavy (non-hydrogen) atoms. The molecule has 164 valence electrons. The number of Topliss-reactive ketones (excluding diaryl/α,β-unsaturated/α-hetero) is 1. The van der Waals surface area contributed by atoms with Crippen molar-refractivity contribution in [2.45, 2.75) is 52.1 Å². The highest BCUT2D eigenvalue weighted by Gasteiger charge is 2.35. The van der Waals surface area contributed by atoms with E-state index < -0.39 is 6.04 Å². The predicted molar refractivity (Wildman–Crippen MR) is 122 cm³/mol. The second kappa shape index (κ2) is 10.2. The van der Waals surface area contributed by atoms with Gasteiger partial charge in [-0.05, 0) is 49.4 Å². The number of hydrogen-bond acceptors (Lipinski definition) is 3. The third kappa shape index (κ3) is 5.72. The van der Waals surface area contributed by atoms with E-state index in [4.69, 9.17) is 0 Å². The summed E-state index contributed by atoms with van der Waals surface area (Å²) in [5.74, 6) is -0.113. The SMILES string of the molecule is CCCc1ccc(CN(C)C(=O)C2CCCN2C(=O)Nc2cccc(C(C)=O)c2)cc1. The van der Waals surface area contributed by atoms with Gasteiger partial charge in [0.15, 0.2) is 5.78 Å². The number of carbonyl (C=O) groups is 3. The molecule has 6 heteroatoms. The number of urea groups is 1. The molecule has 1 N–H and O–H groups in total. The number of nitrogens with one attached hydrogen (secondary N) is 1. The maximum absolute atomic E-state index is 13.1. The molecule has 3 amide bonds. The largest absolute Gasteiger partial charge is 0.340 e. The van der Waals surface area contributed by atoms with Crippen LogP contribution in [0.15, 0.2) is 48.5 Å². The zero-order valence-electron chi connectivity index (χ0n) is 18.6. The Morgan fingerprint density at radius 3 is 2.48 bits per heavy atom. The molecule has 6 nitrogen and oxygen atoms in total. The van der Waals surface area contributed by atoms with Crippen LogP contribution in [0.1, 0.15) is 54.6 Å². The Kier molecular flexibility index (Phi) is 7.45. The van der Waals surface area contributed by atoms with E-state index >= 15 is 0 Å². The van der Waals surface area contributed by atoms with E-state index in [1.54, 1.807) is 41.1 Å². The maximum Gasteiger partial charge on any atom is 0.322 e.